The summed E-state index contributed by atoms with van der Waals surface area (Å²) in [4.78, 5) is 40.2. The van der Waals surface area contributed by atoms with Gasteiger partial charge in [-0.25, -0.2) is 4.79 Å². The molecule has 1 aromatic rings. The van der Waals surface area contributed by atoms with Gasteiger partial charge in [-0.3, -0.25) is 9.59 Å². The number of carbonyl (C=O) groups is 3. The molecule has 1 N–H and O–H groups in total. The summed E-state index contributed by atoms with van der Waals surface area (Å²) >= 11 is 0. The van der Waals surface area contributed by atoms with Crippen LogP contribution in [-0.4, -0.2) is 60.1 Å². The lowest BCUT2D eigenvalue weighted by Crippen LogP contribution is -2.45. The highest BCUT2D eigenvalue weighted by molar-refractivity contribution is 6.10. The van der Waals surface area contributed by atoms with Crippen LogP contribution in [0.5, 0.6) is 0 Å². The van der Waals surface area contributed by atoms with Crippen LogP contribution in [-0.2, 0) is 19.1 Å². The number of ether oxygens (including phenoxy) is 1. The number of hydrogen-bond acceptors (Lipinski definition) is 4. The molecule has 1 aromatic carbocycles. The second kappa shape index (κ2) is 7.68. The molecule has 0 aromatic heterocycles. The SMILES string of the molecule is COC1CC(C(=O)O)N(C(=O)C2CCN(c3ccc(C(C)C)cc3)C2=O)C1. The fourth-order valence-electron chi connectivity index (χ4n) is 3.85. The van der Waals surface area contributed by atoms with Crippen molar-refractivity contribution in [3.8, 4) is 0 Å². The number of benzene rings is 1. The second-order valence-electron chi connectivity index (χ2n) is 7.52. The van der Waals surface area contributed by atoms with Gasteiger partial charge in [0.1, 0.15) is 12.0 Å². The van der Waals surface area contributed by atoms with Crippen molar-refractivity contribution in [2.45, 2.75) is 44.8 Å². The van der Waals surface area contributed by atoms with Gasteiger partial charge in [-0.15, -0.1) is 0 Å². The Morgan fingerprint density at radius 2 is 1.89 bits per heavy atom. The van der Waals surface area contributed by atoms with Crippen LogP contribution in [0.2, 0.25) is 0 Å². The Morgan fingerprint density at radius 3 is 2.44 bits per heavy atom. The lowest BCUT2D eigenvalue weighted by atomic mass is 10.0. The van der Waals surface area contributed by atoms with E-state index in [9.17, 15) is 19.5 Å². The standard InChI is InChI=1S/C20H26N2O5/c1-12(2)13-4-6-14(7-5-13)21-9-8-16(18(21)23)19(24)22-11-15(27-3)10-17(22)20(25)26/h4-7,12,15-17H,8-11H2,1-3H3,(H,25,26). The van der Waals surface area contributed by atoms with E-state index in [0.29, 0.717) is 18.9 Å². The molecule has 2 saturated heterocycles. The van der Waals surface area contributed by atoms with E-state index >= 15 is 0 Å². The second-order valence-corrected chi connectivity index (χ2v) is 7.52. The molecule has 0 radical (unpaired) electrons. The molecule has 2 fully saturated rings. The first-order valence-corrected chi connectivity index (χ1v) is 9.31. The van der Waals surface area contributed by atoms with Gasteiger partial charge in [0.15, 0.2) is 0 Å². The number of carboxylic acids is 1. The van der Waals surface area contributed by atoms with Gasteiger partial charge in [-0.2, -0.15) is 0 Å². The Labute approximate surface area is 158 Å². The van der Waals surface area contributed by atoms with Crippen molar-refractivity contribution in [2.75, 3.05) is 25.1 Å². The summed E-state index contributed by atoms with van der Waals surface area (Å²) in [6.07, 6.45) is 0.328. The molecule has 0 aliphatic carbocycles. The Hall–Kier alpha value is -2.41. The molecule has 7 heteroatoms. The molecule has 3 unspecified atom stereocenters. The summed E-state index contributed by atoms with van der Waals surface area (Å²) in [6.45, 7) is 4.87. The molecule has 146 valence electrons. The lowest BCUT2D eigenvalue weighted by Gasteiger charge is -2.24. The van der Waals surface area contributed by atoms with Crippen LogP contribution in [0.1, 0.15) is 38.2 Å². The number of aliphatic carboxylic acids is 1. The third-order valence-electron chi connectivity index (χ3n) is 5.54. The van der Waals surface area contributed by atoms with Crippen molar-refractivity contribution in [1.82, 2.24) is 4.90 Å². The molecule has 3 rings (SSSR count). The summed E-state index contributed by atoms with van der Waals surface area (Å²) in [5.74, 6) is -2.16. The van der Waals surface area contributed by atoms with E-state index < -0.39 is 23.8 Å². The van der Waals surface area contributed by atoms with Crippen molar-refractivity contribution < 1.29 is 24.2 Å². The number of nitrogens with zero attached hydrogens (tertiary/aromatic N) is 2. The van der Waals surface area contributed by atoms with Gasteiger partial charge in [0.25, 0.3) is 0 Å². The van der Waals surface area contributed by atoms with Crippen LogP contribution in [0, 0.1) is 5.92 Å². The topological polar surface area (TPSA) is 87.2 Å². The van der Waals surface area contributed by atoms with Crippen molar-refractivity contribution in [3.05, 3.63) is 29.8 Å². The first-order chi connectivity index (χ1) is 12.8. The van der Waals surface area contributed by atoms with Crippen LogP contribution < -0.4 is 4.90 Å². The molecule has 0 saturated carbocycles. The van der Waals surface area contributed by atoms with E-state index in [4.69, 9.17) is 4.74 Å². The number of rotatable bonds is 5. The average molecular weight is 374 g/mol. The molecule has 2 aliphatic rings. The zero-order chi connectivity index (χ0) is 19.7. The van der Waals surface area contributed by atoms with Crippen molar-refractivity contribution in [1.29, 1.82) is 0 Å². The van der Waals surface area contributed by atoms with Gasteiger partial charge in [0.05, 0.1) is 6.10 Å². The van der Waals surface area contributed by atoms with E-state index in [1.807, 2.05) is 24.3 Å². The minimum absolute atomic E-state index is 0.208. The summed E-state index contributed by atoms with van der Waals surface area (Å²) in [6, 6.07) is 6.85. The molecule has 7 nitrogen and oxygen atoms in total. The maximum absolute atomic E-state index is 12.9. The Bertz CT molecular complexity index is 730. The molecular formula is C20H26N2O5. The van der Waals surface area contributed by atoms with Crippen LogP contribution in [0.3, 0.4) is 0 Å². The number of carboxylic acid groups (broad SMARTS) is 1. The largest absolute Gasteiger partial charge is 0.480 e. The monoisotopic (exact) mass is 374 g/mol. The van der Waals surface area contributed by atoms with Crippen LogP contribution in [0.4, 0.5) is 5.69 Å². The summed E-state index contributed by atoms with van der Waals surface area (Å²) in [5.41, 5.74) is 1.95. The highest BCUT2D eigenvalue weighted by Crippen LogP contribution is 2.30. The van der Waals surface area contributed by atoms with E-state index in [2.05, 4.69) is 13.8 Å². The molecule has 2 amide bonds. The fourth-order valence-corrected chi connectivity index (χ4v) is 3.85. The predicted octanol–water partition coefficient (Wildman–Crippen LogP) is 1.86. The summed E-state index contributed by atoms with van der Waals surface area (Å²) in [5, 5.41) is 9.41. The van der Waals surface area contributed by atoms with E-state index in [1.54, 1.807) is 4.90 Å². The number of methoxy groups -OCH3 is 1. The Morgan fingerprint density at radius 1 is 1.22 bits per heavy atom. The molecular weight excluding hydrogens is 348 g/mol. The first kappa shape index (κ1) is 19.4. The third kappa shape index (κ3) is 3.69. The number of hydrogen-bond donors (Lipinski definition) is 1. The third-order valence-corrected chi connectivity index (χ3v) is 5.54. The Kier molecular flexibility index (Phi) is 5.51. The summed E-state index contributed by atoms with van der Waals surface area (Å²) < 4.78 is 5.23. The quantitative estimate of drug-likeness (QED) is 0.795. The number of amides is 2. The smallest absolute Gasteiger partial charge is 0.326 e. The van der Waals surface area contributed by atoms with Gasteiger partial charge < -0.3 is 19.6 Å². The fraction of sp³-hybridized carbons (Fsp3) is 0.550. The number of anilines is 1. The summed E-state index contributed by atoms with van der Waals surface area (Å²) in [7, 11) is 1.50. The molecule has 2 heterocycles. The molecule has 0 spiro atoms. The normalized spacial score (nSPS) is 25.5. The number of carbonyl (C=O) groups excluding carboxylic acids is 2. The van der Waals surface area contributed by atoms with Gasteiger partial charge in [-0.05, 0) is 30.0 Å². The molecule has 2 aliphatic heterocycles. The van der Waals surface area contributed by atoms with Crippen LogP contribution in [0.25, 0.3) is 0 Å². The zero-order valence-corrected chi connectivity index (χ0v) is 15.9. The maximum Gasteiger partial charge on any atom is 0.326 e. The van der Waals surface area contributed by atoms with Crippen molar-refractivity contribution in [3.63, 3.8) is 0 Å². The van der Waals surface area contributed by atoms with E-state index in [1.165, 1.54) is 17.6 Å². The van der Waals surface area contributed by atoms with E-state index in [-0.39, 0.29) is 25.0 Å². The average Bonchev–Trinajstić information content (AvgIpc) is 3.25. The van der Waals surface area contributed by atoms with Crippen LogP contribution >= 0.6 is 0 Å². The van der Waals surface area contributed by atoms with Crippen LogP contribution in [0.15, 0.2) is 24.3 Å². The minimum Gasteiger partial charge on any atom is -0.480 e. The van der Waals surface area contributed by atoms with Crippen molar-refractivity contribution >= 4 is 23.5 Å². The van der Waals surface area contributed by atoms with Gasteiger partial charge >= 0.3 is 5.97 Å². The lowest BCUT2D eigenvalue weighted by molar-refractivity contribution is -0.151. The van der Waals surface area contributed by atoms with Gasteiger partial charge in [0.2, 0.25) is 11.8 Å². The van der Waals surface area contributed by atoms with Crippen molar-refractivity contribution in [2.24, 2.45) is 5.92 Å². The molecule has 27 heavy (non-hydrogen) atoms. The van der Waals surface area contributed by atoms with Gasteiger partial charge in [0, 0.05) is 32.3 Å². The Balaban J connectivity index is 1.74. The van der Waals surface area contributed by atoms with E-state index in [0.717, 1.165) is 5.69 Å². The maximum atomic E-state index is 12.9. The predicted molar refractivity (Wildman–Crippen MR) is 99.5 cm³/mol. The number of likely N-dealkylation sites (tertiary alicyclic amines) is 1. The van der Waals surface area contributed by atoms with Gasteiger partial charge in [-0.1, -0.05) is 26.0 Å². The first-order valence-electron chi connectivity index (χ1n) is 9.31. The molecule has 3 atom stereocenters. The minimum atomic E-state index is -1.06. The highest BCUT2D eigenvalue weighted by atomic mass is 16.5. The highest BCUT2D eigenvalue weighted by Gasteiger charge is 2.46. The molecule has 0 bridgehead atoms. The zero-order valence-electron chi connectivity index (χ0n) is 15.9.